The van der Waals surface area contributed by atoms with E-state index >= 15 is 0 Å². The van der Waals surface area contributed by atoms with Gasteiger partial charge in [-0.15, -0.1) is 10.2 Å². The van der Waals surface area contributed by atoms with Crippen molar-refractivity contribution in [2.75, 3.05) is 5.84 Å². The van der Waals surface area contributed by atoms with Crippen molar-refractivity contribution < 1.29 is 8.78 Å². The molecule has 0 saturated carbocycles. The minimum Gasteiger partial charge on any atom is -0.335 e. The second-order valence-corrected chi connectivity index (χ2v) is 5.99. The number of nitrogens with two attached hydrogens (primary N) is 1. The van der Waals surface area contributed by atoms with Gasteiger partial charge < -0.3 is 5.84 Å². The number of benzene rings is 2. The van der Waals surface area contributed by atoms with Crippen LogP contribution in [0.15, 0.2) is 47.6 Å². The maximum atomic E-state index is 13.8. The van der Waals surface area contributed by atoms with Gasteiger partial charge in [-0.25, -0.2) is 13.5 Å². The Balaban J connectivity index is 1.85. The van der Waals surface area contributed by atoms with Crippen molar-refractivity contribution in [2.45, 2.75) is 10.9 Å². The van der Waals surface area contributed by atoms with Gasteiger partial charge in [0.05, 0.1) is 5.56 Å². The predicted octanol–water partition coefficient (Wildman–Crippen LogP) is 3.88. The van der Waals surface area contributed by atoms with Gasteiger partial charge in [0.2, 0.25) is 5.16 Å². The van der Waals surface area contributed by atoms with E-state index in [1.165, 1.54) is 34.6 Å². The molecule has 23 heavy (non-hydrogen) atoms. The average Bonchev–Trinajstić information content (AvgIpc) is 2.88. The van der Waals surface area contributed by atoms with Crippen molar-refractivity contribution in [1.82, 2.24) is 14.9 Å². The number of aromatic nitrogens is 3. The largest absolute Gasteiger partial charge is 0.335 e. The third-order valence-electron chi connectivity index (χ3n) is 3.19. The highest BCUT2D eigenvalue weighted by Gasteiger charge is 2.16. The minimum absolute atomic E-state index is 0.199. The van der Waals surface area contributed by atoms with Crippen LogP contribution in [0.5, 0.6) is 0 Å². The fraction of sp³-hybridized carbons (Fsp3) is 0.0667. The summed E-state index contributed by atoms with van der Waals surface area (Å²) < 4.78 is 28.7. The Labute approximate surface area is 140 Å². The standard InChI is InChI=1S/C15H11ClF2N4S/c16-11-5-3-7-13(18)10(11)8-23-15-21-20-14(22(15)19)9-4-1-2-6-12(9)17/h1-7H,8,19H2. The van der Waals surface area contributed by atoms with Gasteiger partial charge in [-0.1, -0.05) is 41.6 Å². The van der Waals surface area contributed by atoms with Crippen LogP contribution in [0, 0.1) is 11.6 Å². The Morgan fingerprint density at radius 3 is 2.52 bits per heavy atom. The molecule has 0 aliphatic carbocycles. The van der Waals surface area contributed by atoms with Crippen LogP contribution < -0.4 is 5.84 Å². The first-order valence-corrected chi connectivity index (χ1v) is 7.95. The Hall–Kier alpha value is -2.12. The Bertz CT molecular complexity index is 833. The number of rotatable bonds is 4. The fourth-order valence-corrected chi connectivity index (χ4v) is 3.21. The summed E-state index contributed by atoms with van der Waals surface area (Å²) in [5, 5.41) is 8.50. The number of halogens is 3. The lowest BCUT2D eigenvalue weighted by Crippen LogP contribution is -2.12. The molecule has 118 valence electrons. The second kappa shape index (κ2) is 6.55. The van der Waals surface area contributed by atoms with Gasteiger partial charge in [0.1, 0.15) is 11.6 Å². The zero-order chi connectivity index (χ0) is 16.4. The van der Waals surface area contributed by atoms with E-state index in [2.05, 4.69) is 10.2 Å². The molecule has 3 rings (SSSR count). The first kappa shape index (κ1) is 15.8. The van der Waals surface area contributed by atoms with Gasteiger partial charge in [0.25, 0.3) is 0 Å². The van der Waals surface area contributed by atoms with E-state index in [-0.39, 0.29) is 17.1 Å². The Kier molecular flexibility index (Phi) is 4.49. The molecule has 1 aromatic heterocycles. The monoisotopic (exact) mass is 352 g/mol. The molecule has 2 N–H and O–H groups in total. The number of nitrogens with zero attached hydrogens (tertiary/aromatic N) is 3. The molecule has 0 saturated heterocycles. The summed E-state index contributed by atoms with van der Waals surface area (Å²) in [7, 11) is 0. The number of nitrogen functional groups attached to an aromatic ring is 1. The number of thioether (sulfide) groups is 1. The van der Waals surface area contributed by atoms with Gasteiger partial charge in [-0.05, 0) is 24.3 Å². The molecule has 0 fully saturated rings. The van der Waals surface area contributed by atoms with Crippen LogP contribution in [0.2, 0.25) is 5.02 Å². The molecule has 0 spiro atoms. The zero-order valence-corrected chi connectivity index (χ0v) is 13.3. The normalized spacial score (nSPS) is 10.9. The quantitative estimate of drug-likeness (QED) is 0.572. The van der Waals surface area contributed by atoms with Gasteiger partial charge in [0.15, 0.2) is 5.82 Å². The highest BCUT2D eigenvalue weighted by molar-refractivity contribution is 7.98. The molecular formula is C15H11ClF2N4S. The molecule has 0 aliphatic rings. The molecule has 8 heteroatoms. The molecule has 0 atom stereocenters. The molecular weight excluding hydrogens is 342 g/mol. The number of hydrogen-bond acceptors (Lipinski definition) is 4. The summed E-state index contributed by atoms with van der Waals surface area (Å²) in [5.41, 5.74) is 0.605. The van der Waals surface area contributed by atoms with Crippen molar-refractivity contribution in [1.29, 1.82) is 0 Å². The predicted molar refractivity (Wildman–Crippen MR) is 86.5 cm³/mol. The first-order chi connectivity index (χ1) is 11.1. The number of hydrogen-bond donors (Lipinski definition) is 1. The van der Waals surface area contributed by atoms with Crippen molar-refractivity contribution >= 4 is 23.4 Å². The third kappa shape index (κ3) is 3.16. The van der Waals surface area contributed by atoms with E-state index in [1.54, 1.807) is 24.3 Å². The van der Waals surface area contributed by atoms with Crippen LogP contribution in [-0.2, 0) is 5.75 Å². The van der Waals surface area contributed by atoms with Crippen molar-refractivity contribution in [3.05, 3.63) is 64.7 Å². The van der Waals surface area contributed by atoms with Crippen LogP contribution in [0.3, 0.4) is 0 Å². The van der Waals surface area contributed by atoms with E-state index in [0.29, 0.717) is 15.7 Å². The van der Waals surface area contributed by atoms with Crippen LogP contribution in [0.4, 0.5) is 8.78 Å². The topological polar surface area (TPSA) is 56.7 Å². The summed E-state index contributed by atoms with van der Waals surface area (Å²) >= 11 is 7.15. The molecule has 4 nitrogen and oxygen atoms in total. The molecule has 0 amide bonds. The van der Waals surface area contributed by atoms with Crippen LogP contribution >= 0.6 is 23.4 Å². The minimum atomic E-state index is -0.444. The molecule has 0 aliphatic heterocycles. The highest BCUT2D eigenvalue weighted by Crippen LogP contribution is 2.29. The lowest BCUT2D eigenvalue weighted by atomic mass is 10.2. The van der Waals surface area contributed by atoms with E-state index in [1.807, 2.05) is 0 Å². The lowest BCUT2D eigenvalue weighted by molar-refractivity contribution is 0.617. The molecule has 3 aromatic rings. The molecule has 0 radical (unpaired) electrons. The molecule has 0 unspecified atom stereocenters. The fourth-order valence-electron chi connectivity index (χ4n) is 2.01. The van der Waals surface area contributed by atoms with Gasteiger partial charge in [-0.3, -0.25) is 0 Å². The van der Waals surface area contributed by atoms with Crippen molar-refractivity contribution in [3.8, 4) is 11.4 Å². The first-order valence-electron chi connectivity index (χ1n) is 6.59. The summed E-state index contributed by atoms with van der Waals surface area (Å²) in [5.74, 6) is 5.51. The Morgan fingerprint density at radius 2 is 1.78 bits per heavy atom. The van der Waals surface area contributed by atoms with Crippen molar-refractivity contribution in [2.24, 2.45) is 0 Å². The van der Waals surface area contributed by atoms with E-state index in [9.17, 15) is 8.78 Å². The highest BCUT2D eigenvalue weighted by atomic mass is 35.5. The third-order valence-corrected chi connectivity index (χ3v) is 4.51. The van der Waals surface area contributed by atoms with Crippen LogP contribution in [0.25, 0.3) is 11.4 Å². The Morgan fingerprint density at radius 1 is 1.04 bits per heavy atom. The smallest absolute Gasteiger partial charge is 0.210 e. The summed E-state index contributed by atoms with van der Waals surface area (Å²) in [6, 6.07) is 10.6. The zero-order valence-electron chi connectivity index (χ0n) is 11.7. The average molecular weight is 353 g/mol. The summed E-state index contributed by atoms with van der Waals surface area (Å²) in [4.78, 5) is 0. The lowest BCUT2D eigenvalue weighted by Gasteiger charge is -2.06. The maximum Gasteiger partial charge on any atom is 0.210 e. The molecule has 2 aromatic carbocycles. The van der Waals surface area contributed by atoms with E-state index in [4.69, 9.17) is 17.4 Å². The van der Waals surface area contributed by atoms with Crippen molar-refractivity contribution in [3.63, 3.8) is 0 Å². The summed E-state index contributed by atoms with van der Waals surface area (Å²) in [6.45, 7) is 0. The molecule has 0 bridgehead atoms. The van der Waals surface area contributed by atoms with Gasteiger partial charge in [0, 0.05) is 16.3 Å². The van der Waals surface area contributed by atoms with Gasteiger partial charge in [-0.2, -0.15) is 0 Å². The van der Waals surface area contributed by atoms with Crippen LogP contribution in [-0.4, -0.2) is 14.9 Å². The van der Waals surface area contributed by atoms with E-state index < -0.39 is 11.6 Å². The maximum absolute atomic E-state index is 13.8. The van der Waals surface area contributed by atoms with Crippen LogP contribution in [0.1, 0.15) is 5.56 Å². The SMILES string of the molecule is Nn1c(SCc2c(F)cccc2Cl)nnc1-c1ccccc1F. The molecule has 1 heterocycles. The second-order valence-electron chi connectivity index (χ2n) is 4.64. The van der Waals surface area contributed by atoms with Gasteiger partial charge >= 0.3 is 0 Å². The van der Waals surface area contributed by atoms with E-state index in [0.717, 1.165) is 0 Å². The summed E-state index contributed by atoms with van der Waals surface area (Å²) in [6.07, 6.45) is 0.